The van der Waals surface area contributed by atoms with Crippen molar-refractivity contribution in [2.24, 2.45) is 0 Å². The van der Waals surface area contributed by atoms with E-state index < -0.39 is 0 Å². The normalized spacial score (nSPS) is 19.1. The summed E-state index contributed by atoms with van der Waals surface area (Å²) in [7, 11) is 0. The van der Waals surface area contributed by atoms with E-state index in [1.807, 2.05) is 0 Å². The molecule has 0 bridgehead atoms. The van der Waals surface area contributed by atoms with E-state index in [1.165, 1.54) is 38.5 Å². The second kappa shape index (κ2) is 8.01. The zero-order valence-electron chi connectivity index (χ0n) is 9.13. The van der Waals surface area contributed by atoms with Crippen LogP contribution in [0.1, 0.15) is 38.5 Å². The van der Waals surface area contributed by atoms with Gasteiger partial charge in [0.2, 0.25) is 0 Å². The van der Waals surface area contributed by atoms with Crippen molar-refractivity contribution in [2.75, 3.05) is 19.8 Å². The van der Waals surface area contributed by atoms with Crippen LogP contribution >= 0.6 is 0 Å². The van der Waals surface area contributed by atoms with Gasteiger partial charge in [-0.25, -0.2) is 0 Å². The Morgan fingerprint density at radius 2 is 1.93 bits per heavy atom. The Morgan fingerprint density at radius 1 is 1.21 bits per heavy atom. The van der Waals surface area contributed by atoms with E-state index >= 15 is 0 Å². The Hall–Kier alpha value is -0.340. The Bertz CT molecular complexity index is 139. The highest BCUT2D eigenvalue weighted by Crippen LogP contribution is 2.16. The summed E-state index contributed by atoms with van der Waals surface area (Å²) < 4.78 is 5.32. The maximum absolute atomic E-state index is 5.32. The van der Waals surface area contributed by atoms with Gasteiger partial charge in [-0.2, -0.15) is 0 Å². The summed E-state index contributed by atoms with van der Waals surface area (Å²) in [6.45, 7) is 6.08. The molecular weight excluding hydrogens is 174 g/mol. The number of hydrogen-bond donors (Lipinski definition) is 1. The summed E-state index contributed by atoms with van der Waals surface area (Å²) in [5, 5.41) is 3.56. The average molecular weight is 197 g/mol. The zero-order valence-corrected chi connectivity index (χ0v) is 9.13. The van der Waals surface area contributed by atoms with Crippen molar-refractivity contribution in [3.63, 3.8) is 0 Å². The molecule has 82 valence electrons. The molecule has 0 radical (unpaired) electrons. The van der Waals surface area contributed by atoms with Crippen LogP contribution in [0.3, 0.4) is 0 Å². The lowest BCUT2D eigenvalue weighted by Gasteiger charge is -2.15. The largest absolute Gasteiger partial charge is 0.376 e. The average Bonchev–Trinajstić information content (AvgIpc) is 2.46. The van der Waals surface area contributed by atoms with Crippen LogP contribution < -0.4 is 5.32 Å². The highest BCUT2D eigenvalue weighted by atomic mass is 16.5. The molecular formula is C12H23NO. The second-order valence-electron chi connectivity index (χ2n) is 4.01. The van der Waals surface area contributed by atoms with E-state index in [1.54, 1.807) is 6.08 Å². The molecule has 0 aliphatic heterocycles. The predicted octanol–water partition coefficient (Wildman–Crippen LogP) is 2.50. The van der Waals surface area contributed by atoms with Crippen LogP contribution in [-0.4, -0.2) is 25.8 Å². The fraction of sp³-hybridized carbons (Fsp3) is 0.833. The number of rotatable bonds is 6. The highest BCUT2D eigenvalue weighted by molar-refractivity contribution is 4.70. The number of hydrogen-bond acceptors (Lipinski definition) is 2. The van der Waals surface area contributed by atoms with E-state index in [4.69, 9.17) is 4.74 Å². The van der Waals surface area contributed by atoms with Crippen molar-refractivity contribution in [1.29, 1.82) is 0 Å². The molecule has 2 nitrogen and oxygen atoms in total. The minimum Gasteiger partial charge on any atom is -0.376 e. The maximum atomic E-state index is 5.32. The molecule has 0 aromatic rings. The van der Waals surface area contributed by atoms with Crippen LogP contribution in [-0.2, 0) is 4.74 Å². The lowest BCUT2D eigenvalue weighted by molar-refractivity contribution is 0.160. The molecule has 0 aromatic carbocycles. The maximum Gasteiger partial charge on any atom is 0.0645 e. The molecule has 1 rings (SSSR count). The highest BCUT2D eigenvalue weighted by Gasteiger charge is 2.10. The van der Waals surface area contributed by atoms with Crippen molar-refractivity contribution < 1.29 is 4.74 Å². The summed E-state index contributed by atoms with van der Waals surface area (Å²) in [4.78, 5) is 0. The third-order valence-corrected chi connectivity index (χ3v) is 2.77. The summed E-state index contributed by atoms with van der Waals surface area (Å²) in [6.07, 6.45) is 10.1. The van der Waals surface area contributed by atoms with Crippen LogP contribution in [0.4, 0.5) is 0 Å². The molecule has 0 spiro atoms. The second-order valence-corrected chi connectivity index (χ2v) is 4.01. The van der Waals surface area contributed by atoms with Gasteiger partial charge in [-0.3, -0.25) is 0 Å². The van der Waals surface area contributed by atoms with Crippen molar-refractivity contribution in [1.82, 2.24) is 5.32 Å². The molecule has 2 heteroatoms. The molecule has 0 unspecified atom stereocenters. The Balaban J connectivity index is 1.96. The van der Waals surface area contributed by atoms with Crippen molar-refractivity contribution in [3.8, 4) is 0 Å². The standard InChI is InChI=1S/C12H23NO/c1-2-10-14-11-9-13-12-7-5-3-4-6-8-12/h2,12-13H,1,3-11H2. The van der Waals surface area contributed by atoms with E-state index in [2.05, 4.69) is 11.9 Å². The van der Waals surface area contributed by atoms with Gasteiger partial charge in [0.15, 0.2) is 0 Å². The molecule has 1 fully saturated rings. The van der Waals surface area contributed by atoms with Crippen LogP contribution in [0.15, 0.2) is 12.7 Å². The van der Waals surface area contributed by atoms with Gasteiger partial charge in [0, 0.05) is 12.6 Å². The van der Waals surface area contributed by atoms with Crippen molar-refractivity contribution in [3.05, 3.63) is 12.7 Å². The molecule has 0 saturated heterocycles. The third-order valence-electron chi connectivity index (χ3n) is 2.77. The predicted molar refractivity (Wildman–Crippen MR) is 60.5 cm³/mol. The first-order valence-corrected chi connectivity index (χ1v) is 5.85. The number of nitrogens with one attached hydrogen (secondary N) is 1. The third kappa shape index (κ3) is 5.40. The Morgan fingerprint density at radius 3 is 2.57 bits per heavy atom. The molecule has 0 atom stereocenters. The Kier molecular flexibility index (Phi) is 6.71. The first kappa shape index (κ1) is 11.7. The van der Waals surface area contributed by atoms with Gasteiger partial charge in [-0.15, -0.1) is 6.58 Å². The SMILES string of the molecule is C=CCOCCNC1CCCCCC1. The van der Waals surface area contributed by atoms with E-state index in [0.717, 1.165) is 19.2 Å². The minimum atomic E-state index is 0.673. The smallest absolute Gasteiger partial charge is 0.0645 e. The molecule has 0 heterocycles. The van der Waals surface area contributed by atoms with Crippen LogP contribution in [0, 0.1) is 0 Å². The van der Waals surface area contributed by atoms with Gasteiger partial charge in [-0.1, -0.05) is 31.8 Å². The molecule has 0 amide bonds. The first-order valence-electron chi connectivity index (χ1n) is 5.85. The Labute approximate surface area is 87.7 Å². The van der Waals surface area contributed by atoms with Gasteiger partial charge in [0.05, 0.1) is 13.2 Å². The number of ether oxygens (including phenoxy) is 1. The molecule has 1 saturated carbocycles. The van der Waals surface area contributed by atoms with Gasteiger partial charge < -0.3 is 10.1 Å². The minimum absolute atomic E-state index is 0.673. The molecule has 1 aliphatic carbocycles. The summed E-state index contributed by atoms with van der Waals surface area (Å²) in [6, 6.07) is 0.741. The summed E-state index contributed by atoms with van der Waals surface area (Å²) in [5.41, 5.74) is 0. The monoisotopic (exact) mass is 197 g/mol. The lowest BCUT2D eigenvalue weighted by atomic mass is 10.1. The topological polar surface area (TPSA) is 21.3 Å². The van der Waals surface area contributed by atoms with E-state index in [0.29, 0.717) is 6.61 Å². The summed E-state index contributed by atoms with van der Waals surface area (Å²) >= 11 is 0. The van der Waals surface area contributed by atoms with Crippen molar-refractivity contribution >= 4 is 0 Å². The van der Waals surface area contributed by atoms with E-state index in [9.17, 15) is 0 Å². The van der Waals surface area contributed by atoms with Crippen LogP contribution in [0.2, 0.25) is 0 Å². The fourth-order valence-corrected chi connectivity index (χ4v) is 1.99. The van der Waals surface area contributed by atoms with Crippen molar-refractivity contribution in [2.45, 2.75) is 44.6 Å². The first-order chi connectivity index (χ1) is 6.93. The van der Waals surface area contributed by atoms with Gasteiger partial charge >= 0.3 is 0 Å². The molecule has 14 heavy (non-hydrogen) atoms. The van der Waals surface area contributed by atoms with Crippen LogP contribution in [0.25, 0.3) is 0 Å². The molecule has 0 aromatic heterocycles. The fourth-order valence-electron chi connectivity index (χ4n) is 1.99. The van der Waals surface area contributed by atoms with E-state index in [-0.39, 0.29) is 0 Å². The van der Waals surface area contributed by atoms with Gasteiger partial charge in [-0.05, 0) is 12.8 Å². The zero-order chi connectivity index (χ0) is 10.1. The summed E-state index contributed by atoms with van der Waals surface area (Å²) in [5.74, 6) is 0. The van der Waals surface area contributed by atoms with Gasteiger partial charge in [0.1, 0.15) is 0 Å². The molecule has 1 aliphatic rings. The van der Waals surface area contributed by atoms with Gasteiger partial charge in [0.25, 0.3) is 0 Å². The lowest BCUT2D eigenvalue weighted by Crippen LogP contribution is -2.31. The quantitative estimate of drug-likeness (QED) is 0.401. The molecule has 1 N–H and O–H groups in total. The van der Waals surface area contributed by atoms with Crippen LogP contribution in [0.5, 0.6) is 0 Å².